The van der Waals surface area contributed by atoms with Gasteiger partial charge in [0.05, 0.1) is 0 Å². The molecule has 1 rings (SSSR count). The highest BCUT2D eigenvalue weighted by atomic mass is 32.1. The van der Waals surface area contributed by atoms with Crippen LogP contribution < -0.4 is 5.32 Å². The minimum atomic E-state index is -0.188. The molecule has 1 N–H and O–H groups in total. The number of anilines is 1. The van der Waals surface area contributed by atoms with Gasteiger partial charge in [-0.25, -0.2) is 4.79 Å². The van der Waals surface area contributed by atoms with Gasteiger partial charge in [0, 0.05) is 19.5 Å². The van der Waals surface area contributed by atoms with Crippen LogP contribution in [0.3, 0.4) is 0 Å². The van der Waals surface area contributed by atoms with Crippen molar-refractivity contribution in [3.8, 4) is 0 Å². The van der Waals surface area contributed by atoms with Crippen LogP contribution in [-0.4, -0.2) is 35.2 Å². The van der Waals surface area contributed by atoms with Crippen LogP contribution in [0, 0.1) is 0 Å². The molecule has 0 bridgehead atoms. The van der Waals surface area contributed by atoms with Crippen LogP contribution in [0.5, 0.6) is 0 Å². The minimum Gasteiger partial charge on any atom is -0.331 e. The summed E-state index contributed by atoms with van der Waals surface area (Å²) in [5.74, 6) is 0. The van der Waals surface area contributed by atoms with E-state index in [0.717, 1.165) is 5.01 Å². The molecule has 0 aliphatic rings. The van der Waals surface area contributed by atoms with E-state index in [4.69, 9.17) is 0 Å². The van der Waals surface area contributed by atoms with Crippen molar-refractivity contribution in [3.63, 3.8) is 0 Å². The summed E-state index contributed by atoms with van der Waals surface area (Å²) in [5.41, 5.74) is -0.0290. The van der Waals surface area contributed by atoms with Gasteiger partial charge in [-0.2, -0.15) is 0 Å². The zero-order valence-corrected chi connectivity index (χ0v) is 10.5. The van der Waals surface area contributed by atoms with Gasteiger partial charge in [0.15, 0.2) is 0 Å². The number of carbonyl (C=O) groups is 1. The molecule has 0 fully saturated rings. The number of carbonyl (C=O) groups excluding carboxylic acids is 1. The van der Waals surface area contributed by atoms with E-state index < -0.39 is 0 Å². The van der Waals surface area contributed by atoms with Gasteiger partial charge >= 0.3 is 6.03 Å². The predicted octanol–water partition coefficient (Wildman–Crippen LogP) is 1.93. The van der Waals surface area contributed by atoms with Gasteiger partial charge in [-0.3, -0.25) is 5.32 Å². The van der Waals surface area contributed by atoms with Crippen LogP contribution in [0.15, 0.2) is 0 Å². The maximum Gasteiger partial charge on any atom is 0.323 e. The summed E-state index contributed by atoms with van der Waals surface area (Å²) in [6.07, 6.45) is 0. The molecule has 0 saturated carbocycles. The quantitative estimate of drug-likeness (QED) is 0.799. The largest absolute Gasteiger partial charge is 0.331 e. The molecule has 6 heteroatoms. The molecule has 0 spiro atoms. The number of amides is 2. The number of urea groups is 1. The van der Waals surface area contributed by atoms with Crippen LogP contribution in [-0.2, 0) is 5.41 Å². The third kappa shape index (κ3) is 3.16. The van der Waals surface area contributed by atoms with E-state index in [1.165, 1.54) is 16.2 Å². The van der Waals surface area contributed by atoms with Gasteiger partial charge in [-0.15, -0.1) is 10.2 Å². The lowest BCUT2D eigenvalue weighted by Gasteiger charge is -2.12. The normalized spacial score (nSPS) is 11.3. The molecule has 84 valence electrons. The van der Waals surface area contributed by atoms with Crippen molar-refractivity contribution in [1.82, 2.24) is 15.1 Å². The van der Waals surface area contributed by atoms with Crippen molar-refractivity contribution in [2.75, 3.05) is 19.4 Å². The smallest absolute Gasteiger partial charge is 0.323 e. The zero-order chi connectivity index (χ0) is 11.6. The molecule has 0 aromatic carbocycles. The van der Waals surface area contributed by atoms with Crippen molar-refractivity contribution in [2.24, 2.45) is 0 Å². The van der Waals surface area contributed by atoms with Crippen molar-refractivity contribution in [2.45, 2.75) is 26.2 Å². The Morgan fingerprint density at radius 1 is 1.33 bits per heavy atom. The summed E-state index contributed by atoms with van der Waals surface area (Å²) in [7, 11) is 3.36. The van der Waals surface area contributed by atoms with Gasteiger partial charge in [0.2, 0.25) is 5.13 Å². The van der Waals surface area contributed by atoms with Gasteiger partial charge in [-0.05, 0) is 0 Å². The third-order valence-electron chi connectivity index (χ3n) is 1.69. The molecule has 0 aliphatic carbocycles. The number of nitrogens with one attached hydrogen (secondary N) is 1. The molecule has 0 radical (unpaired) electrons. The second-order valence-electron chi connectivity index (χ2n) is 4.49. The molecule has 0 atom stereocenters. The van der Waals surface area contributed by atoms with Gasteiger partial charge in [0.25, 0.3) is 0 Å². The summed E-state index contributed by atoms with van der Waals surface area (Å²) < 4.78 is 0. The first kappa shape index (κ1) is 11.9. The first-order valence-electron chi connectivity index (χ1n) is 4.63. The second kappa shape index (κ2) is 4.14. The van der Waals surface area contributed by atoms with Crippen LogP contribution in [0.4, 0.5) is 9.93 Å². The molecule has 0 saturated heterocycles. The Hall–Kier alpha value is -1.17. The highest BCUT2D eigenvalue weighted by Gasteiger charge is 2.20. The van der Waals surface area contributed by atoms with Crippen LogP contribution >= 0.6 is 11.3 Å². The molecule has 1 heterocycles. The lowest BCUT2D eigenvalue weighted by atomic mass is 9.98. The Morgan fingerprint density at radius 2 is 1.93 bits per heavy atom. The molecule has 1 aromatic rings. The first-order chi connectivity index (χ1) is 6.80. The lowest BCUT2D eigenvalue weighted by molar-refractivity contribution is 0.230. The SMILES string of the molecule is CN(C)C(=O)Nc1nnc(C(C)(C)C)s1. The van der Waals surface area contributed by atoms with E-state index in [2.05, 4.69) is 36.3 Å². The summed E-state index contributed by atoms with van der Waals surface area (Å²) in [6.45, 7) is 6.18. The summed E-state index contributed by atoms with van der Waals surface area (Å²) in [6, 6.07) is -0.188. The standard InChI is InChI=1S/C9H16N4OS/c1-9(2,3)6-11-12-7(15-6)10-8(14)13(4)5/h1-5H3,(H,10,12,14). The predicted molar refractivity (Wildman–Crippen MR) is 61.3 cm³/mol. The minimum absolute atomic E-state index is 0.0290. The topological polar surface area (TPSA) is 58.1 Å². The first-order valence-corrected chi connectivity index (χ1v) is 5.44. The molecule has 0 aliphatic heterocycles. The summed E-state index contributed by atoms with van der Waals surface area (Å²) in [4.78, 5) is 12.8. The molecule has 1 aromatic heterocycles. The summed E-state index contributed by atoms with van der Waals surface area (Å²) in [5, 5.41) is 12.1. The highest BCUT2D eigenvalue weighted by Crippen LogP contribution is 2.27. The number of rotatable bonds is 1. The summed E-state index contributed by atoms with van der Waals surface area (Å²) >= 11 is 1.40. The molecule has 5 nitrogen and oxygen atoms in total. The molecule has 0 unspecified atom stereocenters. The maximum atomic E-state index is 11.3. The highest BCUT2D eigenvalue weighted by molar-refractivity contribution is 7.15. The Morgan fingerprint density at radius 3 is 2.33 bits per heavy atom. The molecular weight excluding hydrogens is 212 g/mol. The fourth-order valence-corrected chi connectivity index (χ4v) is 1.57. The van der Waals surface area contributed by atoms with Crippen LogP contribution in [0.1, 0.15) is 25.8 Å². The van der Waals surface area contributed by atoms with E-state index in [9.17, 15) is 4.79 Å². The Labute approximate surface area is 93.5 Å². The monoisotopic (exact) mass is 228 g/mol. The zero-order valence-electron chi connectivity index (χ0n) is 9.66. The van der Waals surface area contributed by atoms with Gasteiger partial charge in [-0.1, -0.05) is 32.1 Å². The maximum absolute atomic E-state index is 11.3. The van der Waals surface area contributed by atoms with Crippen molar-refractivity contribution in [1.29, 1.82) is 0 Å². The van der Waals surface area contributed by atoms with E-state index >= 15 is 0 Å². The van der Waals surface area contributed by atoms with Gasteiger partial charge < -0.3 is 4.90 Å². The Balaban J connectivity index is 2.73. The number of hydrogen-bond donors (Lipinski definition) is 1. The van der Waals surface area contributed by atoms with E-state index in [0.29, 0.717) is 5.13 Å². The lowest BCUT2D eigenvalue weighted by Crippen LogP contribution is -2.27. The molecular formula is C9H16N4OS. The van der Waals surface area contributed by atoms with Crippen LogP contribution in [0.2, 0.25) is 0 Å². The van der Waals surface area contributed by atoms with Crippen molar-refractivity contribution < 1.29 is 4.79 Å². The van der Waals surface area contributed by atoms with E-state index in [1.807, 2.05) is 0 Å². The third-order valence-corrected chi connectivity index (χ3v) is 2.95. The fourth-order valence-electron chi connectivity index (χ4n) is 0.780. The van der Waals surface area contributed by atoms with Crippen LogP contribution in [0.25, 0.3) is 0 Å². The van der Waals surface area contributed by atoms with Crippen molar-refractivity contribution in [3.05, 3.63) is 5.01 Å². The average Bonchev–Trinajstić information content (AvgIpc) is 2.51. The van der Waals surface area contributed by atoms with Gasteiger partial charge in [0.1, 0.15) is 5.01 Å². The fraction of sp³-hybridized carbons (Fsp3) is 0.667. The Bertz CT molecular complexity index is 353. The number of nitrogens with zero attached hydrogens (tertiary/aromatic N) is 3. The van der Waals surface area contributed by atoms with E-state index in [-0.39, 0.29) is 11.4 Å². The number of aromatic nitrogens is 2. The van der Waals surface area contributed by atoms with Crippen molar-refractivity contribution >= 4 is 22.5 Å². The second-order valence-corrected chi connectivity index (χ2v) is 5.46. The number of hydrogen-bond acceptors (Lipinski definition) is 4. The molecule has 15 heavy (non-hydrogen) atoms. The van der Waals surface area contributed by atoms with E-state index in [1.54, 1.807) is 14.1 Å². The molecule has 2 amide bonds. The average molecular weight is 228 g/mol. The Kier molecular flexibility index (Phi) is 3.28.